The summed E-state index contributed by atoms with van der Waals surface area (Å²) < 4.78 is 10.6. The van der Waals surface area contributed by atoms with E-state index >= 15 is 0 Å². The van der Waals surface area contributed by atoms with E-state index in [4.69, 9.17) is 21.1 Å². The summed E-state index contributed by atoms with van der Waals surface area (Å²) in [6.45, 7) is 3.94. The number of cyclic esters (lactones) is 1. The third-order valence-electron chi connectivity index (χ3n) is 6.10. The lowest BCUT2D eigenvalue weighted by Crippen LogP contribution is -2.46. The number of carbonyl (C=O) groups is 2. The quantitative estimate of drug-likeness (QED) is 0.361. The maximum atomic E-state index is 13.5. The van der Waals surface area contributed by atoms with Gasteiger partial charge in [0.15, 0.2) is 0 Å². The molecule has 6 nitrogen and oxygen atoms in total. The highest BCUT2D eigenvalue weighted by Crippen LogP contribution is 2.39. The minimum absolute atomic E-state index is 0.0316. The van der Waals surface area contributed by atoms with Crippen molar-refractivity contribution in [3.8, 4) is 17.6 Å². The van der Waals surface area contributed by atoms with Gasteiger partial charge in [0.1, 0.15) is 12.4 Å². The van der Waals surface area contributed by atoms with Gasteiger partial charge in [0.25, 0.3) is 5.91 Å². The fourth-order valence-corrected chi connectivity index (χ4v) is 4.44. The lowest BCUT2D eigenvalue weighted by atomic mass is 9.74. The van der Waals surface area contributed by atoms with Gasteiger partial charge in [-0.3, -0.25) is 4.79 Å². The van der Waals surface area contributed by atoms with Gasteiger partial charge in [-0.2, -0.15) is 0 Å². The molecule has 3 aromatic carbocycles. The predicted molar refractivity (Wildman–Crippen MR) is 138 cm³/mol. The number of aliphatic hydroxyl groups is 1. The highest BCUT2D eigenvalue weighted by Gasteiger charge is 2.42. The van der Waals surface area contributed by atoms with Crippen molar-refractivity contribution in [3.63, 3.8) is 0 Å². The van der Waals surface area contributed by atoms with Crippen LogP contribution in [0.4, 0.5) is 5.69 Å². The van der Waals surface area contributed by atoms with Gasteiger partial charge < -0.3 is 19.9 Å². The first kappa shape index (κ1) is 25.3. The number of benzene rings is 3. The van der Waals surface area contributed by atoms with E-state index in [0.717, 1.165) is 5.56 Å². The number of rotatable bonds is 6. The van der Waals surface area contributed by atoms with Gasteiger partial charge in [-0.15, -0.1) is 0 Å². The van der Waals surface area contributed by atoms with E-state index in [2.05, 4.69) is 17.2 Å². The van der Waals surface area contributed by atoms with E-state index < -0.39 is 22.9 Å². The van der Waals surface area contributed by atoms with Crippen molar-refractivity contribution in [3.05, 3.63) is 94.0 Å². The predicted octanol–water partition coefficient (Wildman–Crippen LogP) is 5.11. The summed E-state index contributed by atoms with van der Waals surface area (Å²) in [5.41, 5.74) is 0.208. The van der Waals surface area contributed by atoms with Gasteiger partial charge in [0.2, 0.25) is 5.60 Å². The molecule has 184 valence electrons. The SMILES string of the molecule is COc1cc(Cl)ccc1C(C)(C)CC(O)(C#Cc1ccccc1)C(=O)Nc1ccc2c(c1)COC2=O. The van der Waals surface area contributed by atoms with Gasteiger partial charge >= 0.3 is 5.97 Å². The van der Waals surface area contributed by atoms with Crippen molar-refractivity contribution in [2.75, 3.05) is 12.4 Å². The standard InChI is InChI=1S/C29H26ClNO5/c1-28(2,24-12-9-21(30)16-25(24)35-3)18-29(34,14-13-19-7-5-4-6-8-19)27(33)31-22-10-11-23-20(15-22)17-36-26(23)32/h4-12,15-16,34H,17-18H2,1-3H3,(H,31,33). The summed E-state index contributed by atoms with van der Waals surface area (Å²) in [5, 5.41) is 15.0. The normalized spacial score (nSPS) is 14.1. The van der Waals surface area contributed by atoms with Crippen LogP contribution in [0.15, 0.2) is 66.7 Å². The summed E-state index contributed by atoms with van der Waals surface area (Å²) >= 11 is 6.14. The van der Waals surface area contributed by atoms with Crippen molar-refractivity contribution in [1.29, 1.82) is 0 Å². The highest BCUT2D eigenvalue weighted by molar-refractivity contribution is 6.30. The van der Waals surface area contributed by atoms with Gasteiger partial charge in [0, 0.05) is 28.3 Å². The van der Waals surface area contributed by atoms with E-state index in [9.17, 15) is 14.7 Å². The Bertz CT molecular complexity index is 1370. The Morgan fingerprint density at radius 2 is 1.89 bits per heavy atom. The average molecular weight is 504 g/mol. The number of amides is 1. The van der Waals surface area contributed by atoms with Crippen LogP contribution in [0.5, 0.6) is 5.75 Å². The molecule has 3 aromatic rings. The zero-order valence-corrected chi connectivity index (χ0v) is 21.0. The Morgan fingerprint density at radius 3 is 2.61 bits per heavy atom. The Hall–Kier alpha value is -3.79. The van der Waals surface area contributed by atoms with Crippen molar-refractivity contribution in [1.82, 2.24) is 0 Å². The molecule has 1 heterocycles. The molecule has 0 saturated carbocycles. The number of nitrogens with one attached hydrogen (secondary N) is 1. The number of anilines is 1. The van der Waals surface area contributed by atoms with Gasteiger partial charge in [-0.1, -0.05) is 61.6 Å². The molecule has 2 N–H and O–H groups in total. The average Bonchev–Trinajstić information content (AvgIpc) is 3.22. The Kier molecular flexibility index (Phi) is 7.07. The maximum Gasteiger partial charge on any atom is 0.338 e. The summed E-state index contributed by atoms with van der Waals surface area (Å²) in [6, 6.07) is 19.2. The Labute approximate surface area is 215 Å². The van der Waals surface area contributed by atoms with E-state index in [0.29, 0.717) is 33.1 Å². The van der Waals surface area contributed by atoms with Crippen LogP contribution in [0.3, 0.4) is 0 Å². The number of halogens is 1. The zero-order chi connectivity index (χ0) is 25.9. The number of ether oxygens (including phenoxy) is 2. The van der Waals surface area contributed by atoms with Crippen molar-refractivity contribution < 1.29 is 24.2 Å². The van der Waals surface area contributed by atoms with Crippen LogP contribution in [0.25, 0.3) is 0 Å². The molecule has 1 unspecified atom stereocenters. The van der Waals surface area contributed by atoms with Gasteiger partial charge in [-0.05, 0) is 53.4 Å². The molecule has 0 aromatic heterocycles. The summed E-state index contributed by atoms with van der Waals surface area (Å²) in [5.74, 6) is 5.22. The summed E-state index contributed by atoms with van der Waals surface area (Å²) in [4.78, 5) is 25.3. The van der Waals surface area contributed by atoms with Crippen LogP contribution in [0.2, 0.25) is 5.02 Å². The molecule has 7 heteroatoms. The fourth-order valence-electron chi connectivity index (χ4n) is 4.28. The van der Waals surface area contributed by atoms with E-state index in [-0.39, 0.29) is 13.0 Å². The highest BCUT2D eigenvalue weighted by atomic mass is 35.5. The Balaban J connectivity index is 1.69. The molecular weight excluding hydrogens is 478 g/mol. The Morgan fingerprint density at radius 1 is 1.14 bits per heavy atom. The van der Waals surface area contributed by atoms with Crippen LogP contribution in [0.1, 0.15) is 47.3 Å². The van der Waals surface area contributed by atoms with Gasteiger partial charge in [-0.25, -0.2) is 4.79 Å². The minimum atomic E-state index is -2.06. The monoisotopic (exact) mass is 503 g/mol. The third-order valence-corrected chi connectivity index (χ3v) is 6.33. The van der Waals surface area contributed by atoms with Crippen LogP contribution < -0.4 is 10.1 Å². The molecule has 0 spiro atoms. The van der Waals surface area contributed by atoms with Crippen LogP contribution in [0, 0.1) is 11.8 Å². The van der Waals surface area contributed by atoms with E-state index in [1.807, 2.05) is 38.1 Å². The van der Waals surface area contributed by atoms with E-state index in [1.54, 1.807) is 49.6 Å². The number of carbonyl (C=O) groups excluding carboxylic acids is 2. The van der Waals surface area contributed by atoms with Crippen LogP contribution in [-0.4, -0.2) is 29.7 Å². The minimum Gasteiger partial charge on any atom is -0.496 e. The molecule has 4 rings (SSSR count). The van der Waals surface area contributed by atoms with Crippen LogP contribution in [-0.2, 0) is 21.6 Å². The molecule has 0 radical (unpaired) electrons. The van der Waals surface area contributed by atoms with Crippen molar-refractivity contribution in [2.45, 2.75) is 37.9 Å². The second kappa shape index (κ2) is 10.1. The number of hydrogen-bond acceptors (Lipinski definition) is 5. The van der Waals surface area contributed by atoms with Gasteiger partial charge in [0.05, 0.1) is 12.7 Å². The molecular formula is C29H26ClNO5. The third kappa shape index (κ3) is 5.38. The first-order valence-electron chi connectivity index (χ1n) is 11.4. The molecule has 1 aliphatic heterocycles. The van der Waals surface area contributed by atoms with Crippen molar-refractivity contribution in [2.24, 2.45) is 0 Å². The summed E-state index contributed by atoms with van der Waals surface area (Å²) in [7, 11) is 1.54. The second-order valence-corrected chi connectivity index (χ2v) is 9.72. The molecule has 1 aliphatic rings. The molecule has 0 bridgehead atoms. The number of esters is 1. The molecule has 0 fully saturated rings. The number of methoxy groups -OCH3 is 1. The fraction of sp³-hybridized carbons (Fsp3) is 0.241. The zero-order valence-electron chi connectivity index (χ0n) is 20.2. The summed E-state index contributed by atoms with van der Waals surface area (Å²) in [6.07, 6.45) is -0.0316. The molecule has 1 atom stereocenters. The first-order valence-corrected chi connectivity index (χ1v) is 11.8. The second-order valence-electron chi connectivity index (χ2n) is 9.28. The maximum absolute atomic E-state index is 13.5. The molecule has 1 amide bonds. The topological polar surface area (TPSA) is 84.9 Å². The number of fused-ring (bicyclic) bond motifs is 1. The lowest BCUT2D eigenvalue weighted by molar-refractivity contribution is -0.130. The molecule has 0 aliphatic carbocycles. The largest absolute Gasteiger partial charge is 0.496 e. The van der Waals surface area contributed by atoms with Crippen LogP contribution >= 0.6 is 11.6 Å². The first-order chi connectivity index (χ1) is 17.1. The molecule has 36 heavy (non-hydrogen) atoms. The lowest BCUT2D eigenvalue weighted by Gasteiger charge is -2.33. The smallest absolute Gasteiger partial charge is 0.338 e. The number of hydrogen-bond donors (Lipinski definition) is 2. The van der Waals surface area contributed by atoms with Crippen molar-refractivity contribution >= 4 is 29.2 Å². The molecule has 0 saturated heterocycles. The van der Waals surface area contributed by atoms with E-state index in [1.165, 1.54) is 0 Å².